The molecule has 1 spiro atoms. The number of pyridine rings is 1. The highest BCUT2D eigenvalue weighted by Crippen LogP contribution is 2.39. The fraction of sp³-hybridized carbons (Fsp3) is 0.667. The van der Waals surface area contributed by atoms with E-state index in [0.29, 0.717) is 6.04 Å². The largest absolute Gasteiger partial charge is 0.328 e. The van der Waals surface area contributed by atoms with Gasteiger partial charge in [-0.05, 0) is 63.1 Å². The van der Waals surface area contributed by atoms with Crippen LogP contribution >= 0.6 is 0 Å². The summed E-state index contributed by atoms with van der Waals surface area (Å²) in [5.74, 6) is 1.76. The standard InChI is InChI=1S/C21H29N5O/c27-20-24-19(23-17-5-1-2-6-17)21(26(20)18-7-3-11-22-13-18)10-4-12-25(15-21)14-16-8-9-16/h3,7,11,13,16-17H,1-2,4-6,8-10,12,14-15H2,(H,23,24,27). The Morgan fingerprint density at radius 3 is 2.81 bits per heavy atom. The number of nitrogens with one attached hydrogen (secondary N) is 1. The molecule has 2 saturated carbocycles. The lowest BCUT2D eigenvalue weighted by Crippen LogP contribution is -2.60. The summed E-state index contributed by atoms with van der Waals surface area (Å²) in [6, 6.07) is 4.22. The van der Waals surface area contributed by atoms with Crippen LogP contribution in [-0.2, 0) is 0 Å². The first-order valence-electron chi connectivity index (χ1n) is 10.6. The Morgan fingerprint density at radius 2 is 2.07 bits per heavy atom. The van der Waals surface area contributed by atoms with E-state index in [0.717, 1.165) is 62.8 Å². The Hall–Kier alpha value is -1.95. The van der Waals surface area contributed by atoms with Gasteiger partial charge in [-0.25, -0.2) is 4.79 Å². The summed E-state index contributed by atoms with van der Waals surface area (Å²) in [4.78, 5) is 27.0. The van der Waals surface area contributed by atoms with Crippen molar-refractivity contribution in [3.63, 3.8) is 0 Å². The van der Waals surface area contributed by atoms with Crippen LogP contribution in [0.1, 0.15) is 51.4 Å². The van der Waals surface area contributed by atoms with Crippen molar-refractivity contribution in [2.45, 2.75) is 62.9 Å². The van der Waals surface area contributed by atoms with Gasteiger partial charge in [0.05, 0.1) is 17.9 Å². The van der Waals surface area contributed by atoms with E-state index in [1.807, 2.05) is 17.0 Å². The number of nitrogens with zero attached hydrogens (tertiary/aromatic N) is 4. The van der Waals surface area contributed by atoms with Crippen LogP contribution in [0.5, 0.6) is 0 Å². The van der Waals surface area contributed by atoms with Gasteiger partial charge in [-0.3, -0.25) is 20.2 Å². The van der Waals surface area contributed by atoms with Crippen LogP contribution < -0.4 is 10.2 Å². The molecule has 1 atom stereocenters. The Bertz CT molecular complexity index is 725. The van der Waals surface area contributed by atoms with Gasteiger partial charge in [0.1, 0.15) is 11.4 Å². The predicted molar refractivity (Wildman–Crippen MR) is 106 cm³/mol. The smallest absolute Gasteiger partial charge is 0.300 e. The number of aliphatic imine (C=N–C) groups is 1. The zero-order valence-electron chi connectivity index (χ0n) is 15.9. The fourth-order valence-corrected chi connectivity index (χ4v) is 5.11. The van der Waals surface area contributed by atoms with Gasteiger partial charge in [-0.1, -0.05) is 12.8 Å². The van der Waals surface area contributed by atoms with Crippen LogP contribution in [0.15, 0.2) is 29.5 Å². The zero-order valence-corrected chi connectivity index (χ0v) is 15.9. The van der Waals surface area contributed by atoms with Crippen molar-refractivity contribution >= 4 is 17.6 Å². The number of rotatable bonds is 4. The van der Waals surface area contributed by atoms with Gasteiger partial charge in [0.25, 0.3) is 0 Å². The second kappa shape index (κ2) is 6.89. The molecule has 0 bridgehead atoms. The Kier molecular flexibility index (Phi) is 4.38. The summed E-state index contributed by atoms with van der Waals surface area (Å²) >= 11 is 0. The van der Waals surface area contributed by atoms with Gasteiger partial charge in [-0.2, -0.15) is 0 Å². The first kappa shape index (κ1) is 17.2. The molecule has 1 aromatic heterocycles. The van der Waals surface area contributed by atoms with Crippen LogP contribution in [0.25, 0.3) is 0 Å². The first-order valence-corrected chi connectivity index (χ1v) is 10.6. The number of hydrogen-bond donors (Lipinski definition) is 1. The number of carbonyl (C=O) groups is 1. The third-order valence-corrected chi connectivity index (χ3v) is 6.60. The molecule has 4 fully saturated rings. The average Bonchev–Trinajstić information content (AvgIpc) is 3.26. The maximum Gasteiger partial charge on any atom is 0.328 e. The van der Waals surface area contributed by atoms with Crippen molar-refractivity contribution in [1.29, 1.82) is 0 Å². The summed E-state index contributed by atoms with van der Waals surface area (Å²) in [6.45, 7) is 3.17. The summed E-state index contributed by atoms with van der Waals surface area (Å²) < 4.78 is 0. The van der Waals surface area contributed by atoms with Crippen molar-refractivity contribution in [3.05, 3.63) is 24.5 Å². The topological polar surface area (TPSA) is 60.8 Å². The molecule has 1 unspecified atom stereocenters. The number of likely N-dealkylation sites (tertiary alicyclic amines) is 1. The average molecular weight is 367 g/mol. The number of piperidine rings is 1. The van der Waals surface area contributed by atoms with Gasteiger partial charge in [-0.15, -0.1) is 0 Å². The third kappa shape index (κ3) is 3.24. The van der Waals surface area contributed by atoms with E-state index in [2.05, 4.69) is 15.2 Å². The Morgan fingerprint density at radius 1 is 1.22 bits per heavy atom. The minimum atomic E-state index is -0.365. The Labute approximate surface area is 161 Å². The molecule has 6 heteroatoms. The molecule has 144 valence electrons. The second-order valence-electron chi connectivity index (χ2n) is 8.71. The van der Waals surface area contributed by atoms with E-state index in [4.69, 9.17) is 4.99 Å². The van der Waals surface area contributed by atoms with Crippen molar-refractivity contribution in [2.75, 3.05) is 24.5 Å². The molecule has 2 saturated heterocycles. The number of amidine groups is 1. The minimum absolute atomic E-state index is 0.0481. The number of amides is 2. The van der Waals surface area contributed by atoms with Gasteiger partial charge in [0.2, 0.25) is 0 Å². The van der Waals surface area contributed by atoms with E-state index >= 15 is 0 Å². The number of carbonyl (C=O) groups excluding carboxylic acids is 1. The van der Waals surface area contributed by atoms with Gasteiger partial charge in [0, 0.05) is 19.3 Å². The molecule has 4 aliphatic rings. The lowest BCUT2D eigenvalue weighted by molar-refractivity contribution is 0.177. The number of hydrogen-bond acceptors (Lipinski definition) is 4. The van der Waals surface area contributed by atoms with Crippen LogP contribution in [-0.4, -0.2) is 53.0 Å². The minimum Gasteiger partial charge on any atom is -0.300 e. The highest BCUT2D eigenvalue weighted by atomic mass is 16.2. The molecule has 27 heavy (non-hydrogen) atoms. The van der Waals surface area contributed by atoms with Crippen LogP contribution in [0.2, 0.25) is 0 Å². The highest BCUT2D eigenvalue weighted by molar-refractivity contribution is 6.19. The Balaban J connectivity index is 1.52. The molecule has 2 amide bonds. The number of anilines is 1. The lowest BCUT2D eigenvalue weighted by Gasteiger charge is -2.44. The van der Waals surface area contributed by atoms with E-state index in [1.165, 1.54) is 25.7 Å². The molecule has 1 N–H and O–H groups in total. The maximum atomic E-state index is 13.1. The molecule has 6 nitrogen and oxygen atoms in total. The van der Waals surface area contributed by atoms with Crippen LogP contribution in [0.3, 0.4) is 0 Å². The maximum absolute atomic E-state index is 13.1. The van der Waals surface area contributed by atoms with Gasteiger partial charge in [0.15, 0.2) is 0 Å². The molecule has 2 aliphatic heterocycles. The van der Waals surface area contributed by atoms with Crippen LogP contribution in [0.4, 0.5) is 10.5 Å². The van der Waals surface area contributed by atoms with E-state index in [-0.39, 0.29) is 11.6 Å². The molecule has 2 aliphatic carbocycles. The predicted octanol–water partition coefficient (Wildman–Crippen LogP) is 3.20. The van der Waals surface area contributed by atoms with Crippen LogP contribution in [0, 0.1) is 5.92 Å². The normalized spacial score (nSPS) is 31.2. The number of urea groups is 1. The van der Waals surface area contributed by atoms with E-state index in [9.17, 15) is 4.79 Å². The quantitative estimate of drug-likeness (QED) is 0.889. The zero-order chi connectivity index (χ0) is 18.3. The van der Waals surface area contributed by atoms with Gasteiger partial charge < -0.3 is 4.90 Å². The molecular weight excluding hydrogens is 338 g/mol. The molecular formula is C21H29N5O. The van der Waals surface area contributed by atoms with Crippen molar-refractivity contribution < 1.29 is 4.79 Å². The second-order valence-corrected chi connectivity index (χ2v) is 8.71. The SMILES string of the molecule is O=C1NC(=NC2CCCC2)C2(CCCN(CC3CC3)C2)N1c1cccnc1. The molecule has 5 rings (SSSR count). The lowest BCUT2D eigenvalue weighted by atomic mass is 9.86. The highest BCUT2D eigenvalue weighted by Gasteiger charge is 2.54. The fourth-order valence-electron chi connectivity index (χ4n) is 5.11. The monoisotopic (exact) mass is 367 g/mol. The summed E-state index contributed by atoms with van der Waals surface area (Å²) in [5, 5.41) is 3.16. The van der Waals surface area contributed by atoms with Crippen molar-refractivity contribution in [2.24, 2.45) is 10.9 Å². The molecule has 0 aromatic carbocycles. The first-order chi connectivity index (χ1) is 13.2. The summed E-state index contributed by atoms with van der Waals surface area (Å²) in [7, 11) is 0. The van der Waals surface area contributed by atoms with Crippen molar-refractivity contribution in [1.82, 2.24) is 15.2 Å². The van der Waals surface area contributed by atoms with E-state index in [1.54, 1.807) is 12.4 Å². The molecule has 3 heterocycles. The third-order valence-electron chi connectivity index (χ3n) is 6.60. The summed E-state index contributed by atoms with van der Waals surface area (Å²) in [6.07, 6.45) is 13.1. The van der Waals surface area contributed by atoms with E-state index < -0.39 is 0 Å². The number of aromatic nitrogens is 1. The molecule has 0 radical (unpaired) electrons. The summed E-state index contributed by atoms with van der Waals surface area (Å²) in [5.41, 5.74) is 0.510. The molecule has 1 aromatic rings. The van der Waals surface area contributed by atoms with Crippen molar-refractivity contribution in [3.8, 4) is 0 Å². The van der Waals surface area contributed by atoms with Gasteiger partial charge >= 0.3 is 6.03 Å².